The molecule has 0 saturated carbocycles. The second-order valence-corrected chi connectivity index (χ2v) is 6.37. The number of carbonyl (C=O) groups excluding carboxylic acids is 1. The van der Waals surface area contributed by atoms with Gasteiger partial charge in [0.15, 0.2) is 0 Å². The largest absolute Gasteiger partial charge is 0.331 e. The minimum Gasteiger partial charge on any atom is -0.331 e. The van der Waals surface area contributed by atoms with Crippen molar-refractivity contribution < 1.29 is 9.72 Å². The van der Waals surface area contributed by atoms with E-state index in [1.54, 1.807) is 35.6 Å². The number of nitro groups is 1. The number of benzene rings is 1. The number of thiophene rings is 1. The van der Waals surface area contributed by atoms with Gasteiger partial charge in [-0.25, -0.2) is 0 Å². The average molecular weight is 328 g/mol. The second kappa shape index (κ2) is 6.75. The molecule has 0 aliphatic carbocycles. The molecule has 2 aromatic rings. The summed E-state index contributed by atoms with van der Waals surface area (Å²) in [6.07, 6.45) is 5.26. The molecule has 6 heteroatoms. The van der Waals surface area contributed by atoms with E-state index < -0.39 is 4.92 Å². The highest BCUT2D eigenvalue weighted by Gasteiger charge is 2.29. The van der Waals surface area contributed by atoms with Gasteiger partial charge < -0.3 is 4.90 Å². The molecule has 0 N–H and O–H groups in total. The summed E-state index contributed by atoms with van der Waals surface area (Å²) < 4.78 is 0. The lowest BCUT2D eigenvalue weighted by molar-refractivity contribution is -0.384. The summed E-state index contributed by atoms with van der Waals surface area (Å²) in [6.45, 7) is 0.770. The lowest BCUT2D eigenvalue weighted by Gasteiger charge is -2.22. The summed E-state index contributed by atoms with van der Waals surface area (Å²) in [5, 5.41) is 12.7. The fourth-order valence-corrected chi connectivity index (χ4v) is 3.65. The van der Waals surface area contributed by atoms with E-state index in [-0.39, 0.29) is 17.6 Å². The van der Waals surface area contributed by atoms with Gasteiger partial charge in [-0.3, -0.25) is 14.9 Å². The second-order valence-electron chi connectivity index (χ2n) is 5.39. The predicted octanol–water partition coefficient (Wildman–Crippen LogP) is 4.03. The van der Waals surface area contributed by atoms with Crippen molar-refractivity contribution in [2.75, 3.05) is 6.54 Å². The van der Waals surface area contributed by atoms with Gasteiger partial charge in [0.25, 0.3) is 5.69 Å². The Labute approximate surface area is 138 Å². The molecule has 1 aliphatic rings. The van der Waals surface area contributed by atoms with Gasteiger partial charge in [0.2, 0.25) is 5.91 Å². The summed E-state index contributed by atoms with van der Waals surface area (Å²) >= 11 is 1.68. The van der Waals surface area contributed by atoms with Crippen LogP contribution in [0.4, 0.5) is 5.69 Å². The van der Waals surface area contributed by atoms with Crippen molar-refractivity contribution >= 4 is 29.0 Å². The zero-order chi connectivity index (χ0) is 16.2. The van der Waals surface area contributed by atoms with Crippen LogP contribution in [0.2, 0.25) is 0 Å². The zero-order valence-electron chi connectivity index (χ0n) is 12.4. The Morgan fingerprint density at radius 3 is 2.74 bits per heavy atom. The van der Waals surface area contributed by atoms with Crippen LogP contribution in [0.15, 0.2) is 47.9 Å². The van der Waals surface area contributed by atoms with Crippen molar-refractivity contribution in [3.05, 3.63) is 68.4 Å². The van der Waals surface area contributed by atoms with Crippen LogP contribution >= 0.6 is 11.3 Å². The smallest absolute Gasteiger partial charge is 0.269 e. The maximum atomic E-state index is 12.4. The molecule has 1 saturated heterocycles. The molecular formula is C17H16N2O3S. The highest BCUT2D eigenvalue weighted by molar-refractivity contribution is 7.10. The van der Waals surface area contributed by atoms with Crippen molar-refractivity contribution in [2.45, 2.75) is 18.9 Å². The number of nitrogens with zero attached hydrogens (tertiary/aromatic N) is 2. The van der Waals surface area contributed by atoms with Crippen LogP contribution in [0.3, 0.4) is 0 Å². The van der Waals surface area contributed by atoms with Crippen LogP contribution in [-0.4, -0.2) is 22.3 Å². The van der Waals surface area contributed by atoms with Gasteiger partial charge in [-0.1, -0.05) is 6.07 Å². The van der Waals surface area contributed by atoms with Crippen molar-refractivity contribution in [3.8, 4) is 0 Å². The number of non-ortho nitro benzene ring substituents is 1. The van der Waals surface area contributed by atoms with E-state index in [1.807, 2.05) is 16.3 Å². The minimum atomic E-state index is -0.436. The standard InChI is InChI=1S/C17H16N2O3S/c20-17(10-7-13-5-8-14(9-6-13)19(21)22)18-11-1-3-15(18)16-4-2-12-23-16/h2,4-10,12,15H,1,3,11H2/b10-7+. The molecule has 2 heterocycles. The third-order valence-electron chi connectivity index (χ3n) is 3.93. The summed E-state index contributed by atoms with van der Waals surface area (Å²) in [5.41, 5.74) is 0.821. The molecule has 118 valence electrons. The van der Waals surface area contributed by atoms with Gasteiger partial charge in [0.05, 0.1) is 11.0 Å². The predicted molar refractivity (Wildman–Crippen MR) is 90.1 cm³/mol. The molecule has 1 aromatic carbocycles. The molecule has 1 aliphatic heterocycles. The van der Waals surface area contributed by atoms with Gasteiger partial charge in [0, 0.05) is 29.6 Å². The van der Waals surface area contributed by atoms with Crippen LogP contribution in [0.1, 0.15) is 29.3 Å². The third kappa shape index (κ3) is 3.48. The topological polar surface area (TPSA) is 63.4 Å². The molecular weight excluding hydrogens is 312 g/mol. The van der Waals surface area contributed by atoms with E-state index in [9.17, 15) is 14.9 Å². The molecule has 0 radical (unpaired) electrons. The quantitative estimate of drug-likeness (QED) is 0.483. The van der Waals surface area contributed by atoms with Gasteiger partial charge in [-0.15, -0.1) is 11.3 Å². The van der Waals surface area contributed by atoms with Gasteiger partial charge >= 0.3 is 0 Å². The number of carbonyl (C=O) groups is 1. The maximum absolute atomic E-state index is 12.4. The molecule has 23 heavy (non-hydrogen) atoms. The van der Waals surface area contributed by atoms with Crippen molar-refractivity contribution in [1.29, 1.82) is 0 Å². The molecule has 1 aromatic heterocycles. The first-order chi connectivity index (χ1) is 11.1. The van der Waals surface area contributed by atoms with Gasteiger partial charge in [0.1, 0.15) is 0 Å². The number of amides is 1. The Hall–Kier alpha value is -2.47. The Bertz CT molecular complexity index is 723. The molecule has 1 amide bonds. The lowest BCUT2D eigenvalue weighted by Crippen LogP contribution is -2.28. The van der Waals surface area contributed by atoms with Crippen LogP contribution in [0.5, 0.6) is 0 Å². The number of nitro benzene ring substituents is 1. The Kier molecular flexibility index (Phi) is 4.52. The van der Waals surface area contributed by atoms with Crippen LogP contribution in [0.25, 0.3) is 6.08 Å². The zero-order valence-corrected chi connectivity index (χ0v) is 13.2. The SMILES string of the molecule is O=C(/C=C/c1ccc([N+](=O)[O-])cc1)N1CCCC1c1cccs1. The Morgan fingerprint density at radius 2 is 2.09 bits per heavy atom. The fourth-order valence-electron chi connectivity index (χ4n) is 2.78. The number of rotatable bonds is 4. The summed E-state index contributed by atoms with van der Waals surface area (Å²) in [7, 11) is 0. The van der Waals surface area contributed by atoms with E-state index in [4.69, 9.17) is 0 Å². The molecule has 3 rings (SSSR count). The van der Waals surface area contributed by atoms with Gasteiger partial charge in [-0.05, 0) is 48.1 Å². The molecule has 0 bridgehead atoms. The van der Waals surface area contributed by atoms with Crippen LogP contribution in [0, 0.1) is 10.1 Å². The Morgan fingerprint density at radius 1 is 1.30 bits per heavy atom. The highest BCUT2D eigenvalue weighted by Crippen LogP contribution is 2.34. The average Bonchev–Trinajstić information content (AvgIpc) is 3.23. The number of likely N-dealkylation sites (tertiary alicyclic amines) is 1. The first kappa shape index (κ1) is 15.4. The lowest BCUT2D eigenvalue weighted by atomic mass is 10.1. The van der Waals surface area contributed by atoms with E-state index in [0.717, 1.165) is 24.9 Å². The minimum absolute atomic E-state index is 0.0146. The molecule has 1 atom stereocenters. The highest BCUT2D eigenvalue weighted by atomic mass is 32.1. The van der Waals surface area contributed by atoms with E-state index in [2.05, 4.69) is 6.07 Å². The first-order valence-corrected chi connectivity index (χ1v) is 8.29. The number of hydrogen-bond donors (Lipinski definition) is 0. The Balaban J connectivity index is 1.69. The van der Waals surface area contributed by atoms with Crippen LogP contribution in [-0.2, 0) is 4.79 Å². The van der Waals surface area contributed by atoms with Gasteiger partial charge in [-0.2, -0.15) is 0 Å². The monoisotopic (exact) mass is 328 g/mol. The molecule has 1 unspecified atom stereocenters. The summed E-state index contributed by atoms with van der Waals surface area (Å²) in [5.74, 6) is -0.0146. The third-order valence-corrected chi connectivity index (χ3v) is 4.90. The van der Waals surface area contributed by atoms with Crippen molar-refractivity contribution in [2.24, 2.45) is 0 Å². The summed E-state index contributed by atoms with van der Waals surface area (Å²) in [4.78, 5) is 25.7. The van der Waals surface area contributed by atoms with Crippen molar-refractivity contribution in [3.63, 3.8) is 0 Å². The van der Waals surface area contributed by atoms with E-state index in [1.165, 1.54) is 17.0 Å². The van der Waals surface area contributed by atoms with E-state index in [0.29, 0.717) is 0 Å². The normalized spacial score (nSPS) is 17.7. The molecule has 1 fully saturated rings. The molecule has 0 spiro atoms. The summed E-state index contributed by atoms with van der Waals surface area (Å²) in [6, 6.07) is 10.4. The first-order valence-electron chi connectivity index (χ1n) is 7.42. The van der Waals surface area contributed by atoms with Crippen molar-refractivity contribution in [1.82, 2.24) is 4.90 Å². The van der Waals surface area contributed by atoms with Crippen LogP contribution < -0.4 is 0 Å². The molecule has 5 nitrogen and oxygen atoms in total. The fraction of sp³-hybridized carbons (Fsp3) is 0.235. The maximum Gasteiger partial charge on any atom is 0.269 e. The van der Waals surface area contributed by atoms with E-state index >= 15 is 0 Å². The number of hydrogen-bond acceptors (Lipinski definition) is 4.